The highest BCUT2D eigenvalue weighted by Crippen LogP contribution is 2.17. The smallest absolute Gasteiger partial charge is 0.327 e. The first kappa shape index (κ1) is 14.6. The summed E-state index contributed by atoms with van der Waals surface area (Å²) in [6, 6.07) is 3.85. The Kier molecular flexibility index (Phi) is 3.42. The monoisotopic (exact) mass is 327 g/mol. The number of aromatic nitrogens is 5. The number of rotatable bonds is 2. The zero-order valence-electron chi connectivity index (χ0n) is 13.2. The summed E-state index contributed by atoms with van der Waals surface area (Å²) in [7, 11) is 2.11. The normalized spacial score (nSPS) is 16.0. The van der Waals surface area contributed by atoms with E-state index in [0.717, 1.165) is 37.7 Å². The number of H-pyrrole nitrogens is 2. The number of anilines is 1. The molecule has 0 bridgehead atoms. The zero-order valence-corrected chi connectivity index (χ0v) is 13.2. The number of nitrogens with one attached hydrogen (secondary N) is 2. The standard InChI is InChI=1S/C15H17N7O2/c1-20-4-6-21(7-5-20)11-3-2-10(8-16-11)22-9-17-12-13(22)18-15(24)19-14(12)23/h2-3,8-9H,4-7H2,1H3,(H2,18,19,23,24). The Hall–Kier alpha value is -2.94. The van der Waals surface area contributed by atoms with Crippen molar-refractivity contribution in [1.29, 1.82) is 0 Å². The number of imidazole rings is 1. The van der Waals surface area contributed by atoms with Crippen LogP contribution < -0.4 is 16.1 Å². The minimum atomic E-state index is -0.559. The van der Waals surface area contributed by atoms with Crippen LogP contribution in [0.1, 0.15) is 0 Å². The highest BCUT2D eigenvalue weighted by Gasteiger charge is 2.15. The minimum Gasteiger partial charge on any atom is -0.354 e. The molecule has 1 aliphatic rings. The van der Waals surface area contributed by atoms with Gasteiger partial charge >= 0.3 is 5.69 Å². The molecule has 9 nitrogen and oxygen atoms in total. The molecule has 4 rings (SSSR count). The minimum absolute atomic E-state index is 0.192. The molecule has 24 heavy (non-hydrogen) atoms. The molecule has 2 N–H and O–H groups in total. The van der Waals surface area contributed by atoms with Crippen molar-refractivity contribution < 1.29 is 0 Å². The van der Waals surface area contributed by atoms with Gasteiger partial charge in [0.2, 0.25) is 0 Å². The van der Waals surface area contributed by atoms with Crippen LogP contribution in [0.4, 0.5) is 5.82 Å². The van der Waals surface area contributed by atoms with Crippen LogP contribution >= 0.6 is 0 Å². The van der Waals surface area contributed by atoms with Gasteiger partial charge in [-0.1, -0.05) is 0 Å². The summed E-state index contributed by atoms with van der Waals surface area (Å²) in [4.78, 5) is 41.1. The lowest BCUT2D eigenvalue weighted by atomic mass is 10.3. The van der Waals surface area contributed by atoms with Crippen molar-refractivity contribution in [1.82, 2.24) is 29.4 Å². The summed E-state index contributed by atoms with van der Waals surface area (Å²) in [5, 5.41) is 0. The molecular weight excluding hydrogens is 310 g/mol. The highest BCUT2D eigenvalue weighted by molar-refractivity contribution is 5.71. The van der Waals surface area contributed by atoms with Gasteiger partial charge in [-0.3, -0.25) is 19.3 Å². The van der Waals surface area contributed by atoms with E-state index in [1.807, 2.05) is 12.1 Å². The van der Waals surface area contributed by atoms with Gasteiger partial charge in [0.1, 0.15) is 12.1 Å². The maximum Gasteiger partial charge on any atom is 0.327 e. The molecule has 9 heteroatoms. The Morgan fingerprint density at radius 1 is 1.04 bits per heavy atom. The molecule has 4 heterocycles. The zero-order chi connectivity index (χ0) is 16.7. The van der Waals surface area contributed by atoms with E-state index in [2.05, 4.69) is 36.8 Å². The first-order chi connectivity index (χ1) is 11.6. The second-order valence-electron chi connectivity index (χ2n) is 5.88. The lowest BCUT2D eigenvalue weighted by molar-refractivity contribution is 0.312. The van der Waals surface area contributed by atoms with E-state index < -0.39 is 11.2 Å². The fourth-order valence-electron chi connectivity index (χ4n) is 2.87. The van der Waals surface area contributed by atoms with Crippen molar-refractivity contribution in [3.8, 4) is 5.69 Å². The predicted octanol–water partition coefficient (Wildman–Crippen LogP) is -0.451. The van der Waals surface area contributed by atoms with E-state index in [1.165, 1.54) is 6.33 Å². The molecule has 0 amide bonds. The molecule has 3 aromatic rings. The van der Waals surface area contributed by atoms with Crippen molar-refractivity contribution in [2.45, 2.75) is 0 Å². The summed E-state index contributed by atoms with van der Waals surface area (Å²) >= 11 is 0. The molecular formula is C15H17N7O2. The Morgan fingerprint density at radius 2 is 1.83 bits per heavy atom. The second kappa shape index (κ2) is 5.60. The van der Waals surface area contributed by atoms with Crippen molar-refractivity contribution in [2.75, 3.05) is 38.1 Å². The second-order valence-corrected chi connectivity index (χ2v) is 5.88. The molecule has 0 atom stereocenters. The van der Waals surface area contributed by atoms with Crippen LogP contribution in [-0.4, -0.2) is 62.6 Å². The fraction of sp³-hybridized carbons (Fsp3) is 0.333. The van der Waals surface area contributed by atoms with Gasteiger partial charge in [-0.15, -0.1) is 0 Å². The molecule has 0 aliphatic carbocycles. The summed E-state index contributed by atoms with van der Waals surface area (Å²) < 4.78 is 1.65. The molecule has 0 radical (unpaired) electrons. The fourth-order valence-corrected chi connectivity index (χ4v) is 2.87. The number of pyridine rings is 1. The number of nitrogens with zero attached hydrogens (tertiary/aromatic N) is 5. The number of aromatic amines is 2. The van der Waals surface area contributed by atoms with Gasteiger partial charge in [-0.05, 0) is 19.2 Å². The lowest BCUT2D eigenvalue weighted by Crippen LogP contribution is -2.44. The maximum absolute atomic E-state index is 11.8. The van der Waals surface area contributed by atoms with Crippen molar-refractivity contribution >= 4 is 17.0 Å². The number of piperazine rings is 1. The molecule has 3 aromatic heterocycles. The molecule has 124 valence electrons. The van der Waals surface area contributed by atoms with E-state index >= 15 is 0 Å². The van der Waals surface area contributed by atoms with Gasteiger partial charge < -0.3 is 9.80 Å². The number of fused-ring (bicyclic) bond motifs is 1. The Morgan fingerprint density at radius 3 is 2.54 bits per heavy atom. The van der Waals surface area contributed by atoms with Gasteiger partial charge in [0.15, 0.2) is 11.2 Å². The topological polar surface area (TPSA) is 103 Å². The van der Waals surface area contributed by atoms with Gasteiger partial charge in [0, 0.05) is 26.2 Å². The van der Waals surface area contributed by atoms with Crippen LogP contribution in [0, 0.1) is 0 Å². The third-order valence-corrected chi connectivity index (χ3v) is 4.28. The first-order valence-corrected chi connectivity index (χ1v) is 7.71. The predicted molar refractivity (Wildman–Crippen MR) is 89.8 cm³/mol. The number of likely N-dealkylation sites (N-methyl/N-ethyl adjacent to an activating group) is 1. The average molecular weight is 327 g/mol. The molecule has 1 aliphatic heterocycles. The Balaban J connectivity index is 1.68. The molecule has 1 fully saturated rings. The third kappa shape index (κ3) is 2.48. The van der Waals surface area contributed by atoms with Crippen LogP contribution in [0.3, 0.4) is 0 Å². The molecule has 0 spiro atoms. The van der Waals surface area contributed by atoms with E-state index in [0.29, 0.717) is 5.65 Å². The summed E-state index contributed by atoms with van der Waals surface area (Å²) in [5.74, 6) is 0.919. The van der Waals surface area contributed by atoms with Gasteiger partial charge in [0.05, 0.1) is 11.9 Å². The lowest BCUT2D eigenvalue weighted by Gasteiger charge is -2.33. The molecule has 0 aromatic carbocycles. The maximum atomic E-state index is 11.8. The van der Waals surface area contributed by atoms with Crippen LogP contribution in [0.25, 0.3) is 16.9 Å². The van der Waals surface area contributed by atoms with Crippen molar-refractivity contribution in [2.24, 2.45) is 0 Å². The first-order valence-electron chi connectivity index (χ1n) is 7.71. The molecule has 0 unspecified atom stereocenters. The van der Waals surface area contributed by atoms with E-state index in [4.69, 9.17) is 0 Å². The van der Waals surface area contributed by atoms with Crippen LogP contribution in [0.15, 0.2) is 34.2 Å². The highest BCUT2D eigenvalue weighted by atomic mass is 16.2. The molecule has 0 saturated carbocycles. The Bertz CT molecular complexity index is 977. The van der Waals surface area contributed by atoms with Gasteiger partial charge in [-0.2, -0.15) is 0 Å². The van der Waals surface area contributed by atoms with Gasteiger partial charge in [0.25, 0.3) is 5.56 Å². The van der Waals surface area contributed by atoms with Crippen molar-refractivity contribution in [3.63, 3.8) is 0 Å². The van der Waals surface area contributed by atoms with E-state index in [1.54, 1.807) is 10.8 Å². The summed E-state index contributed by atoms with van der Waals surface area (Å²) in [6.45, 7) is 3.91. The van der Waals surface area contributed by atoms with E-state index in [-0.39, 0.29) is 5.52 Å². The van der Waals surface area contributed by atoms with Crippen molar-refractivity contribution in [3.05, 3.63) is 45.5 Å². The summed E-state index contributed by atoms with van der Waals surface area (Å²) in [6.07, 6.45) is 3.22. The quantitative estimate of drug-likeness (QED) is 0.661. The van der Waals surface area contributed by atoms with E-state index in [9.17, 15) is 9.59 Å². The Labute approximate surface area is 136 Å². The average Bonchev–Trinajstić information content (AvgIpc) is 3.00. The number of hydrogen-bond donors (Lipinski definition) is 2. The molecule has 1 saturated heterocycles. The largest absolute Gasteiger partial charge is 0.354 e. The number of hydrogen-bond acceptors (Lipinski definition) is 6. The van der Waals surface area contributed by atoms with Crippen LogP contribution in [0.2, 0.25) is 0 Å². The van der Waals surface area contributed by atoms with Crippen LogP contribution in [-0.2, 0) is 0 Å². The van der Waals surface area contributed by atoms with Gasteiger partial charge in [-0.25, -0.2) is 14.8 Å². The SMILES string of the molecule is CN1CCN(c2ccc(-n3cnc4c(=O)[nH]c(=O)[nH]c43)cn2)CC1. The third-order valence-electron chi connectivity index (χ3n) is 4.28. The van der Waals surface area contributed by atoms with Crippen LogP contribution in [0.5, 0.6) is 0 Å². The summed E-state index contributed by atoms with van der Waals surface area (Å²) in [5.41, 5.74) is 0.220.